The molecule has 1 aromatic heterocycles. The summed E-state index contributed by atoms with van der Waals surface area (Å²) in [5.41, 5.74) is 1.57. The van der Waals surface area contributed by atoms with Gasteiger partial charge in [0.15, 0.2) is 11.5 Å². The van der Waals surface area contributed by atoms with Gasteiger partial charge in [0.2, 0.25) is 0 Å². The van der Waals surface area contributed by atoms with Gasteiger partial charge in [0.1, 0.15) is 18.1 Å². The van der Waals surface area contributed by atoms with Crippen molar-refractivity contribution < 1.29 is 23.9 Å². The summed E-state index contributed by atoms with van der Waals surface area (Å²) in [6.45, 7) is 6.56. The van der Waals surface area contributed by atoms with Crippen LogP contribution in [0.1, 0.15) is 65.6 Å². The van der Waals surface area contributed by atoms with Gasteiger partial charge in [-0.2, -0.15) is 5.10 Å². The SMILES string of the molecule is COCn1nc(C(=O)NCC(=O)c2ccccc2)c(Cc2ccccc2Cl)c1N1CCC[C@@H](NC(=O)OC(C)(C)C)C1. The van der Waals surface area contributed by atoms with Crippen molar-refractivity contribution in [2.45, 2.75) is 58.4 Å². The lowest BCUT2D eigenvalue weighted by molar-refractivity contribution is 0.0499. The molecule has 2 N–H and O–H groups in total. The van der Waals surface area contributed by atoms with E-state index in [0.717, 1.165) is 18.4 Å². The Balaban J connectivity index is 1.65. The molecule has 0 aliphatic carbocycles. The first kappa shape index (κ1) is 31.1. The van der Waals surface area contributed by atoms with E-state index >= 15 is 0 Å². The number of nitrogens with one attached hydrogen (secondary N) is 2. The molecule has 1 fully saturated rings. The zero-order chi connectivity index (χ0) is 30.3. The Morgan fingerprint density at radius 2 is 1.79 bits per heavy atom. The Bertz CT molecular complexity index is 1400. The number of nitrogens with zero attached hydrogens (tertiary/aromatic N) is 3. The molecule has 2 amide bonds. The molecule has 0 saturated carbocycles. The molecule has 10 nitrogen and oxygen atoms in total. The van der Waals surface area contributed by atoms with Crippen LogP contribution in [0.15, 0.2) is 54.6 Å². The summed E-state index contributed by atoms with van der Waals surface area (Å²) in [7, 11) is 1.56. The number of amides is 2. The number of carbonyl (C=O) groups excluding carboxylic acids is 3. The molecule has 1 saturated heterocycles. The van der Waals surface area contributed by atoms with Crippen LogP contribution in [0, 0.1) is 0 Å². The summed E-state index contributed by atoms with van der Waals surface area (Å²) in [4.78, 5) is 40.9. The predicted octanol–water partition coefficient (Wildman–Crippen LogP) is 4.84. The zero-order valence-corrected chi connectivity index (χ0v) is 25.2. The van der Waals surface area contributed by atoms with Crippen molar-refractivity contribution >= 4 is 35.2 Å². The summed E-state index contributed by atoms with van der Waals surface area (Å²) >= 11 is 6.54. The number of carbonyl (C=O) groups is 3. The molecule has 2 heterocycles. The fourth-order valence-electron chi connectivity index (χ4n) is 4.97. The van der Waals surface area contributed by atoms with Gasteiger partial charge in [0.05, 0.1) is 6.54 Å². The fraction of sp³-hybridized carbons (Fsp3) is 0.419. The maximum Gasteiger partial charge on any atom is 0.407 e. The highest BCUT2D eigenvalue weighted by Gasteiger charge is 2.31. The highest BCUT2D eigenvalue weighted by Crippen LogP contribution is 2.31. The van der Waals surface area contributed by atoms with E-state index in [2.05, 4.69) is 20.6 Å². The van der Waals surface area contributed by atoms with Gasteiger partial charge < -0.3 is 25.0 Å². The molecule has 1 aliphatic heterocycles. The molecule has 1 atom stereocenters. The third-order valence-electron chi connectivity index (χ3n) is 6.76. The molecular weight excluding hydrogens is 558 g/mol. The highest BCUT2D eigenvalue weighted by atomic mass is 35.5. The van der Waals surface area contributed by atoms with Crippen LogP contribution < -0.4 is 15.5 Å². The summed E-state index contributed by atoms with van der Waals surface area (Å²) in [6, 6.07) is 16.1. The Hall–Kier alpha value is -3.89. The largest absolute Gasteiger partial charge is 0.444 e. The van der Waals surface area contributed by atoms with Crippen LogP contribution in [0.5, 0.6) is 0 Å². The first-order valence-electron chi connectivity index (χ1n) is 14.0. The van der Waals surface area contributed by atoms with Gasteiger partial charge in [-0.1, -0.05) is 60.1 Å². The minimum atomic E-state index is -0.609. The summed E-state index contributed by atoms with van der Waals surface area (Å²) in [6.07, 6.45) is 1.44. The second-order valence-electron chi connectivity index (χ2n) is 11.2. The van der Waals surface area contributed by atoms with Crippen molar-refractivity contribution in [1.82, 2.24) is 20.4 Å². The second-order valence-corrected chi connectivity index (χ2v) is 11.6. The van der Waals surface area contributed by atoms with Crippen LogP contribution in [0.2, 0.25) is 5.02 Å². The van der Waals surface area contributed by atoms with Crippen LogP contribution in [-0.4, -0.2) is 66.0 Å². The Kier molecular flexibility index (Phi) is 10.2. The number of hydrogen-bond donors (Lipinski definition) is 2. The maximum atomic E-state index is 13.6. The number of rotatable bonds is 10. The molecule has 0 bridgehead atoms. The number of methoxy groups -OCH3 is 1. The van der Waals surface area contributed by atoms with Gasteiger partial charge in [-0.05, 0) is 45.2 Å². The van der Waals surface area contributed by atoms with Gasteiger partial charge in [0, 0.05) is 48.8 Å². The van der Waals surface area contributed by atoms with Crippen LogP contribution in [0.4, 0.5) is 10.6 Å². The monoisotopic (exact) mass is 595 g/mol. The van der Waals surface area contributed by atoms with Gasteiger partial charge in [-0.25, -0.2) is 9.48 Å². The molecule has 0 spiro atoms. The molecule has 3 aromatic rings. The van der Waals surface area contributed by atoms with Gasteiger partial charge in [-0.3, -0.25) is 9.59 Å². The van der Waals surface area contributed by atoms with Crippen LogP contribution in [0.3, 0.4) is 0 Å². The van der Waals surface area contributed by atoms with Gasteiger partial charge >= 0.3 is 6.09 Å². The minimum Gasteiger partial charge on any atom is -0.444 e. The number of alkyl carbamates (subject to hydrolysis) is 1. The van der Waals surface area contributed by atoms with E-state index in [1.807, 2.05) is 45.0 Å². The van der Waals surface area contributed by atoms with Gasteiger partial charge in [-0.15, -0.1) is 0 Å². The number of aromatic nitrogens is 2. The van der Waals surface area contributed by atoms with E-state index in [0.29, 0.717) is 41.5 Å². The van der Waals surface area contributed by atoms with E-state index in [-0.39, 0.29) is 30.8 Å². The molecule has 42 heavy (non-hydrogen) atoms. The van der Waals surface area contributed by atoms with Gasteiger partial charge in [0.25, 0.3) is 5.91 Å². The minimum absolute atomic E-state index is 0.0990. The predicted molar refractivity (Wildman–Crippen MR) is 161 cm³/mol. The third kappa shape index (κ3) is 8.10. The fourth-order valence-corrected chi connectivity index (χ4v) is 5.17. The van der Waals surface area contributed by atoms with Crippen molar-refractivity contribution in [2.75, 3.05) is 31.6 Å². The molecule has 224 valence electrons. The normalized spacial score (nSPS) is 15.3. The van der Waals surface area contributed by atoms with E-state index in [1.165, 1.54) is 0 Å². The molecule has 11 heteroatoms. The quantitative estimate of drug-likeness (QED) is 0.322. The van der Waals surface area contributed by atoms with Crippen molar-refractivity contribution in [2.24, 2.45) is 0 Å². The lowest BCUT2D eigenvalue weighted by Gasteiger charge is -2.35. The maximum absolute atomic E-state index is 13.6. The topological polar surface area (TPSA) is 115 Å². The van der Waals surface area contributed by atoms with E-state index in [9.17, 15) is 14.4 Å². The molecule has 4 rings (SSSR count). The van der Waals surface area contributed by atoms with Crippen molar-refractivity contribution in [3.8, 4) is 0 Å². The number of piperidine rings is 1. The average Bonchev–Trinajstić information content (AvgIpc) is 3.30. The van der Waals surface area contributed by atoms with Crippen molar-refractivity contribution in [3.05, 3.63) is 82.0 Å². The van der Waals surface area contributed by atoms with Crippen LogP contribution in [0.25, 0.3) is 0 Å². The molecule has 2 aromatic carbocycles. The number of hydrogen-bond acceptors (Lipinski definition) is 7. The zero-order valence-electron chi connectivity index (χ0n) is 24.5. The van der Waals surface area contributed by atoms with Crippen molar-refractivity contribution in [3.63, 3.8) is 0 Å². The number of anilines is 1. The Labute approximate surface area is 251 Å². The van der Waals surface area contributed by atoms with E-state index in [4.69, 9.17) is 21.1 Å². The first-order valence-corrected chi connectivity index (χ1v) is 14.4. The van der Waals surface area contributed by atoms with Crippen LogP contribution in [-0.2, 0) is 22.6 Å². The van der Waals surface area contributed by atoms with Crippen LogP contribution >= 0.6 is 11.6 Å². The summed E-state index contributed by atoms with van der Waals surface area (Å²) < 4.78 is 12.6. The second kappa shape index (κ2) is 13.8. The first-order chi connectivity index (χ1) is 20.1. The number of Topliss-reactive ketones (excluding diaryl/α,β-unsaturated/α-hetero) is 1. The summed E-state index contributed by atoms with van der Waals surface area (Å²) in [5, 5.41) is 11.0. The standard InChI is InChI=1S/C31H38ClN5O5/c1-31(2,3)42-30(40)34-23-14-10-16-36(19-23)29-24(17-22-13-8-9-15-25(22)32)27(35-37(29)20-41-4)28(39)33-18-26(38)21-11-6-5-7-12-21/h5-9,11-13,15,23H,10,14,16-20H2,1-4H3,(H,33,39)(H,34,40)/t23-/m1/s1. The Morgan fingerprint density at radius 3 is 2.48 bits per heavy atom. The lowest BCUT2D eigenvalue weighted by atomic mass is 10.0. The molecule has 1 aliphatic rings. The number of ketones is 1. The number of benzene rings is 2. The highest BCUT2D eigenvalue weighted by molar-refractivity contribution is 6.31. The molecule has 0 radical (unpaired) electrons. The average molecular weight is 596 g/mol. The van der Waals surface area contributed by atoms with E-state index in [1.54, 1.807) is 42.1 Å². The van der Waals surface area contributed by atoms with Crippen molar-refractivity contribution in [1.29, 1.82) is 0 Å². The number of ether oxygens (including phenoxy) is 2. The number of halogens is 1. The van der Waals surface area contributed by atoms with E-state index < -0.39 is 17.6 Å². The third-order valence-corrected chi connectivity index (χ3v) is 7.13. The molecular formula is C31H38ClN5O5. The summed E-state index contributed by atoms with van der Waals surface area (Å²) in [5.74, 6) is 0.0186. The lowest BCUT2D eigenvalue weighted by Crippen LogP contribution is -2.49. The Morgan fingerprint density at radius 1 is 1.07 bits per heavy atom. The smallest absolute Gasteiger partial charge is 0.407 e. The molecule has 0 unspecified atom stereocenters.